The van der Waals surface area contributed by atoms with Gasteiger partial charge in [-0.2, -0.15) is 0 Å². The van der Waals surface area contributed by atoms with E-state index in [-0.39, 0.29) is 0 Å². The van der Waals surface area contributed by atoms with Gasteiger partial charge in [0, 0.05) is 5.56 Å². The number of carbonyl (C=O) groups excluding carboxylic acids is 1. The van der Waals surface area contributed by atoms with Gasteiger partial charge in [0.05, 0.1) is 12.9 Å². The molecule has 16 heavy (non-hydrogen) atoms. The molecule has 0 radical (unpaired) electrons. The summed E-state index contributed by atoms with van der Waals surface area (Å²) in [4.78, 5) is 11.0. The first-order chi connectivity index (χ1) is 7.75. The SMILES string of the molecule is CC.CCOC=Cc1ccccc1C(N)=O. The normalized spacial score (nSPS) is 9.44. The topological polar surface area (TPSA) is 52.3 Å². The van der Waals surface area contributed by atoms with Crippen molar-refractivity contribution in [3.05, 3.63) is 41.7 Å². The maximum absolute atomic E-state index is 11.0. The lowest BCUT2D eigenvalue weighted by Crippen LogP contribution is -2.12. The van der Waals surface area contributed by atoms with Gasteiger partial charge in [0.1, 0.15) is 0 Å². The van der Waals surface area contributed by atoms with Crippen molar-refractivity contribution in [3.8, 4) is 0 Å². The minimum Gasteiger partial charge on any atom is -0.501 e. The predicted octanol–water partition coefficient (Wildman–Crippen LogP) is 2.82. The van der Waals surface area contributed by atoms with Gasteiger partial charge >= 0.3 is 0 Å². The zero-order chi connectivity index (χ0) is 12.4. The number of hydrogen-bond donors (Lipinski definition) is 1. The Hall–Kier alpha value is -1.77. The van der Waals surface area contributed by atoms with Gasteiger partial charge in [-0.1, -0.05) is 32.0 Å². The van der Waals surface area contributed by atoms with E-state index in [0.29, 0.717) is 12.2 Å². The Bertz CT molecular complexity index is 346. The van der Waals surface area contributed by atoms with Gasteiger partial charge in [-0.25, -0.2) is 0 Å². The molecule has 1 aromatic carbocycles. The molecule has 1 rings (SSSR count). The summed E-state index contributed by atoms with van der Waals surface area (Å²) >= 11 is 0. The Balaban J connectivity index is 0.00000106. The van der Waals surface area contributed by atoms with Crippen molar-refractivity contribution in [1.82, 2.24) is 0 Å². The molecule has 0 aromatic heterocycles. The van der Waals surface area contributed by atoms with Gasteiger partial charge in [0.2, 0.25) is 5.91 Å². The van der Waals surface area contributed by atoms with E-state index in [9.17, 15) is 4.79 Å². The second-order valence-electron chi connectivity index (χ2n) is 2.71. The summed E-state index contributed by atoms with van der Waals surface area (Å²) in [5.74, 6) is -0.429. The molecule has 3 nitrogen and oxygen atoms in total. The highest BCUT2D eigenvalue weighted by Gasteiger charge is 2.03. The number of benzene rings is 1. The Morgan fingerprint density at radius 3 is 2.56 bits per heavy atom. The van der Waals surface area contributed by atoms with Crippen LogP contribution in [0.4, 0.5) is 0 Å². The largest absolute Gasteiger partial charge is 0.501 e. The number of hydrogen-bond acceptors (Lipinski definition) is 2. The number of nitrogens with two attached hydrogens (primary N) is 1. The van der Waals surface area contributed by atoms with Gasteiger partial charge in [-0.3, -0.25) is 4.79 Å². The van der Waals surface area contributed by atoms with E-state index in [0.717, 1.165) is 5.56 Å². The van der Waals surface area contributed by atoms with Gasteiger partial charge in [0.15, 0.2) is 0 Å². The van der Waals surface area contributed by atoms with E-state index < -0.39 is 5.91 Å². The molecular weight excluding hydrogens is 202 g/mol. The van der Waals surface area contributed by atoms with Crippen LogP contribution in [0.2, 0.25) is 0 Å². The number of carbonyl (C=O) groups is 1. The Morgan fingerprint density at radius 2 is 2.00 bits per heavy atom. The lowest BCUT2D eigenvalue weighted by molar-refractivity contribution is 0.1000. The summed E-state index contributed by atoms with van der Waals surface area (Å²) in [5, 5.41) is 0. The summed E-state index contributed by atoms with van der Waals surface area (Å²) < 4.78 is 5.04. The molecule has 0 spiro atoms. The molecule has 88 valence electrons. The van der Waals surface area contributed by atoms with Crippen molar-refractivity contribution < 1.29 is 9.53 Å². The smallest absolute Gasteiger partial charge is 0.249 e. The van der Waals surface area contributed by atoms with Gasteiger partial charge in [0.25, 0.3) is 0 Å². The zero-order valence-corrected chi connectivity index (χ0v) is 10.1. The molecule has 0 fully saturated rings. The summed E-state index contributed by atoms with van der Waals surface area (Å²) in [6, 6.07) is 7.12. The molecule has 0 aliphatic carbocycles. The van der Waals surface area contributed by atoms with Crippen molar-refractivity contribution in [2.24, 2.45) is 5.73 Å². The number of primary amides is 1. The monoisotopic (exact) mass is 221 g/mol. The van der Waals surface area contributed by atoms with Crippen LogP contribution in [0.3, 0.4) is 0 Å². The maximum atomic E-state index is 11.0. The fourth-order valence-corrected chi connectivity index (χ4v) is 1.08. The highest BCUT2D eigenvalue weighted by atomic mass is 16.5. The maximum Gasteiger partial charge on any atom is 0.249 e. The highest BCUT2D eigenvalue weighted by Crippen LogP contribution is 2.09. The van der Waals surface area contributed by atoms with E-state index in [4.69, 9.17) is 10.5 Å². The Labute approximate surface area is 96.9 Å². The van der Waals surface area contributed by atoms with E-state index in [1.165, 1.54) is 0 Å². The molecule has 3 heteroatoms. The first-order valence-electron chi connectivity index (χ1n) is 5.42. The molecule has 0 bridgehead atoms. The lowest BCUT2D eigenvalue weighted by Gasteiger charge is -2.00. The Morgan fingerprint density at radius 1 is 1.38 bits per heavy atom. The average Bonchev–Trinajstić information content (AvgIpc) is 2.32. The summed E-state index contributed by atoms with van der Waals surface area (Å²) in [5.41, 5.74) is 6.48. The lowest BCUT2D eigenvalue weighted by atomic mass is 10.1. The van der Waals surface area contributed by atoms with Crippen molar-refractivity contribution in [2.45, 2.75) is 20.8 Å². The van der Waals surface area contributed by atoms with Crippen LogP contribution in [0.1, 0.15) is 36.7 Å². The number of rotatable bonds is 4. The minimum absolute atomic E-state index is 0.429. The van der Waals surface area contributed by atoms with Crippen molar-refractivity contribution in [2.75, 3.05) is 6.61 Å². The van der Waals surface area contributed by atoms with Crippen LogP contribution >= 0.6 is 0 Å². The molecule has 0 heterocycles. The molecule has 2 N–H and O–H groups in total. The van der Waals surface area contributed by atoms with Gasteiger partial charge < -0.3 is 10.5 Å². The number of amides is 1. The van der Waals surface area contributed by atoms with Crippen LogP contribution in [0.15, 0.2) is 30.5 Å². The van der Waals surface area contributed by atoms with Crippen molar-refractivity contribution in [1.29, 1.82) is 0 Å². The zero-order valence-electron chi connectivity index (χ0n) is 10.1. The van der Waals surface area contributed by atoms with Crippen LogP contribution in [-0.2, 0) is 4.74 Å². The van der Waals surface area contributed by atoms with Crippen molar-refractivity contribution >= 4 is 12.0 Å². The molecule has 1 amide bonds. The molecule has 0 saturated carbocycles. The van der Waals surface area contributed by atoms with Crippen LogP contribution in [0, 0.1) is 0 Å². The average molecular weight is 221 g/mol. The standard InChI is InChI=1S/C11H13NO2.C2H6/c1-2-14-8-7-9-5-3-4-6-10(9)11(12)13;1-2/h3-8H,2H2,1H3,(H2,12,13);1-2H3. The first-order valence-corrected chi connectivity index (χ1v) is 5.42. The molecule has 0 aliphatic rings. The number of ether oxygens (including phenoxy) is 1. The van der Waals surface area contributed by atoms with Crippen molar-refractivity contribution in [3.63, 3.8) is 0 Å². The third-order valence-electron chi connectivity index (χ3n) is 1.74. The van der Waals surface area contributed by atoms with E-state index in [2.05, 4.69) is 0 Å². The van der Waals surface area contributed by atoms with Crippen LogP contribution in [0.5, 0.6) is 0 Å². The molecule has 1 aromatic rings. The molecule has 0 saturated heterocycles. The molecule has 0 atom stereocenters. The Kier molecular flexibility index (Phi) is 7.59. The molecular formula is C13H19NO2. The first kappa shape index (κ1) is 14.2. The van der Waals surface area contributed by atoms with E-state index >= 15 is 0 Å². The third-order valence-corrected chi connectivity index (χ3v) is 1.74. The fourth-order valence-electron chi connectivity index (χ4n) is 1.08. The second kappa shape index (κ2) is 8.53. The van der Waals surface area contributed by atoms with Crippen LogP contribution < -0.4 is 5.73 Å². The van der Waals surface area contributed by atoms with Gasteiger partial charge in [-0.05, 0) is 24.6 Å². The fraction of sp³-hybridized carbons (Fsp3) is 0.308. The van der Waals surface area contributed by atoms with Gasteiger partial charge in [-0.15, -0.1) is 0 Å². The third kappa shape index (κ3) is 4.64. The second-order valence-corrected chi connectivity index (χ2v) is 2.71. The van der Waals surface area contributed by atoms with E-state index in [1.54, 1.807) is 24.5 Å². The van der Waals surface area contributed by atoms with Crippen LogP contribution in [0.25, 0.3) is 6.08 Å². The molecule has 0 unspecified atom stereocenters. The molecule has 0 aliphatic heterocycles. The van der Waals surface area contributed by atoms with E-state index in [1.807, 2.05) is 32.9 Å². The summed E-state index contributed by atoms with van der Waals surface area (Å²) in [7, 11) is 0. The quantitative estimate of drug-likeness (QED) is 0.795. The summed E-state index contributed by atoms with van der Waals surface area (Å²) in [6.07, 6.45) is 3.28. The van der Waals surface area contributed by atoms with Crippen LogP contribution in [-0.4, -0.2) is 12.5 Å². The highest BCUT2D eigenvalue weighted by molar-refractivity contribution is 5.96. The summed E-state index contributed by atoms with van der Waals surface area (Å²) in [6.45, 7) is 6.50. The minimum atomic E-state index is -0.429. The predicted molar refractivity (Wildman–Crippen MR) is 67.0 cm³/mol.